The predicted molar refractivity (Wildman–Crippen MR) is 161 cm³/mol. The lowest BCUT2D eigenvalue weighted by molar-refractivity contribution is -0.148. The summed E-state index contributed by atoms with van der Waals surface area (Å²) in [4.78, 5) is 26.9. The highest BCUT2D eigenvalue weighted by Gasteiger charge is 2.27. The van der Waals surface area contributed by atoms with E-state index in [9.17, 15) is 9.59 Å². The summed E-state index contributed by atoms with van der Waals surface area (Å²) in [5.74, 6) is -1.00. The van der Waals surface area contributed by atoms with Gasteiger partial charge >= 0.3 is 5.97 Å². The van der Waals surface area contributed by atoms with Crippen molar-refractivity contribution in [3.8, 4) is 0 Å². The zero-order valence-electron chi connectivity index (χ0n) is 22.2. The third-order valence-electron chi connectivity index (χ3n) is 7.48. The molecule has 0 unspecified atom stereocenters. The van der Waals surface area contributed by atoms with Gasteiger partial charge in [0.2, 0.25) is 0 Å². The van der Waals surface area contributed by atoms with E-state index in [0.717, 1.165) is 38.2 Å². The summed E-state index contributed by atoms with van der Waals surface area (Å²) in [7, 11) is 0. The Morgan fingerprint density at radius 2 is 1.05 bits per heavy atom. The lowest BCUT2D eigenvalue weighted by Gasteiger charge is -2.24. The molecule has 0 saturated heterocycles. The second kappa shape index (κ2) is 11.0. The van der Waals surface area contributed by atoms with Crippen LogP contribution in [0.2, 0.25) is 0 Å². The van der Waals surface area contributed by atoms with Gasteiger partial charge in [-0.2, -0.15) is 0 Å². The number of hydrogen-bond acceptors (Lipinski definition) is 3. The van der Waals surface area contributed by atoms with Gasteiger partial charge in [-0.1, -0.05) is 133 Å². The van der Waals surface area contributed by atoms with Gasteiger partial charge < -0.3 is 4.74 Å². The zero-order chi connectivity index (χ0) is 27.5. The number of ketones is 1. The molecule has 0 saturated carbocycles. The Morgan fingerprint density at radius 1 is 0.550 bits per heavy atom. The maximum atomic E-state index is 13.8. The summed E-state index contributed by atoms with van der Waals surface area (Å²) in [6.45, 7) is 1.83. The van der Waals surface area contributed by atoms with Crippen molar-refractivity contribution in [2.24, 2.45) is 0 Å². The van der Waals surface area contributed by atoms with Crippen LogP contribution in [0.25, 0.3) is 21.5 Å². The Labute approximate surface area is 233 Å². The monoisotopic (exact) mass is 520 g/mol. The van der Waals surface area contributed by atoms with Gasteiger partial charge in [-0.15, -0.1) is 0 Å². The molecule has 3 nitrogen and oxygen atoms in total. The van der Waals surface area contributed by atoms with E-state index in [1.807, 2.05) is 85.8 Å². The van der Waals surface area contributed by atoms with Gasteiger partial charge in [0.15, 0.2) is 11.9 Å². The largest absolute Gasteiger partial charge is 0.452 e. The highest BCUT2D eigenvalue weighted by Crippen LogP contribution is 2.37. The first-order valence-electron chi connectivity index (χ1n) is 13.5. The molecule has 194 valence electrons. The van der Waals surface area contributed by atoms with Crippen LogP contribution < -0.4 is 0 Å². The number of fused-ring (bicyclic) bond motifs is 2. The average Bonchev–Trinajstić information content (AvgIpc) is 3.03. The van der Waals surface area contributed by atoms with Gasteiger partial charge in [0.05, 0.1) is 5.92 Å². The van der Waals surface area contributed by atoms with Gasteiger partial charge in [-0.25, -0.2) is 0 Å². The molecule has 0 amide bonds. The van der Waals surface area contributed by atoms with Crippen LogP contribution in [-0.2, 0) is 9.53 Å². The first-order chi connectivity index (χ1) is 19.6. The normalized spacial score (nSPS) is 11.9. The lowest BCUT2D eigenvalue weighted by atomic mass is 9.92. The summed E-state index contributed by atoms with van der Waals surface area (Å²) in [5, 5.41) is 4.25. The van der Waals surface area contributed by atoms with Crippen molar-refractivity contribution in [1.82, 2.24) is 0 Å². The number of carbonyl (C=O) groups excluding carboxylic acids is 2. The molecule has 40 heavy (non-hydrogen) atoms. The number of rotatable bonds is 7. The van der Waals surface area contributed by atoms with Crippen molar-refractivity contribution in [2.75, 3.05) is 0 Å². The molecule has 6 aromatic carbocycles. The molecule has 0 bridgehead atoms. The second-order valence-electron chi connectivity index (χ2n) is 10.00. The predicted octanol–water partition coefficient (Wildman–Crippen LogP) is 8.66. The summed E-state index contributed by atoms with van der Waals surface area (Å²) in [6, 6.07) is 45.0. The molecule has 0 aromatic heterocycles. The second-order valence-corrected chi connectivity index (χ2v) is 10.00. The van der Waals surface area contributed by atoms with Crippen LogP contribution >= 0.6 is 0 Å². The molecule has 0 spiro atoms. The van der Waals surface area contributed by atoms with Crippen LogP contribution in [0.4, 0.5) is 0 Å². The molecule has 0 radical (unpaired) electrons. The number of ether oxygens (including phenoxy) is 1. The van der Waals surface area contributed by atoms with Crippen molar-refractivity contribution in [3.63, 3.8) is 0 Å². The summed E-state index contributed by atoms with van der Waals surface area (Å²) in [5.41, 5.74) is 3.76. The molecule has 1 atom stereocenters. The number of benzene rings is 6. The zero-order valence-corrected chi connectivity index (χ0v) is 22.2. The van der Waals surface area contributed by atoms with E-state index in [1.54, 1.807) is 24.3 Å². The van der Waals surface area contributed by atoms with Crippen LogP contribution in [0.15, 0.2) is 140 Å². The van der Waals surface area contributed by atoms with Gasteiger partial charge in [-0.05, 0) is 40.1 Å². The molecule has 0 heterocycles. The molecule has 0 fully saturated rings. The lowest BCUT2D eigenvalue weighted by Crippen LogP contribution is -2.19. The molecule has 3 heteroatoms. The molecule has 6 rings (SSSR count). The molecular weight excluding hydrogens is 492 g/mol. The summed E-state index contributed by atoms with van der Waals surface area (Å²) < 4.78 is 6.42. The Kier molecular flexibility index (Phi) is 6.95. The minimum Gasteiger partial charge on any atom is -0.452 e. The SMILES string of the molecule is C[C@@H](C(=O)OC(c1cccc2ccccc12)c1cccc2ccccc12)c1cccc(C(=O)c2ccccc2)c1. The average molecular weight is 521 g/mol. The van der Waals surface area contributed by atoms with E-state index in [-0.39, 0.29) is 11.8 Å². The topological polar surface area (TPSA) is 43.4 Å². The van der Waals surface area contributed by atoms with E-state index < -0.39 is 12.0 Å². The maximum absolute atomic E-state index is 13.8. The van der Waals surface area contributed by atoms with Crippen molar-refractivity contribution >= 4 is 33.3 Å². The fraction of sp³-hybridized carbons (Fsp3) is 0.0811. The standard InChI is InChI=1S/C37H28O3/c1-25(29-18-9-19-30(24-29)35(38)28-14-3-2-4-15-28)37(39)40-36(33-22-10-16-26-12-5-7-20-31(26)33)34-23-11-17-27-13-6-8-21-32(27)34/h2-25,36H,1H3/t25-/m1/s1. The number of carbonyl (C=O) groups is 2. The number of hydrogen-bond donors (Lipinski definition) is 0. The highest BCUT2D eigenvalue weighted by atomic mass is 16.5. The molecular formula is C37H28O3. The Balaban J connectivity index is 1.38. The Morgan fingerprint density at radius 3 is 1.68 bits per heavy atom. The van der Waals surface area contributed by atoms with E-state index in [4.69, 9.17) is 4.74 Å². The van der Waals surface area contributed by atoms with Crippen LogP contribution in [0, 0.1) is 0 Å². The fourth-order valence-corrected chi connectivity index (χ4v) is 5.31. The van der Waals surface area contributed by atoms with Gasteiger partial charge in [-0.3, -0.25) is 9.59 Å². The smallest absolute Gasteiger partial charge is 0.314 e. The van der Waals surface area contributed by atoms with E-state index in [2.05, 4.69) is 36.4 Å². The van der Waals surface area contributed by atoms with E-state index in [0.29, 0.717) is 11.1 Å². The summed E-state index contributed by atoms with van der Waals surface area (Å²) >= 11 is 0. The van der Waals surface area contributed by atoms with Crippen LogP contribution in [-0.4, -0.2) is 11.8 Å². The van der Waals surface area contributed by atoms with Crippen molar-refractivity contribution in [1.29, 1.82) is 0 Å². The first-order valence-corrected chi connectivity index (χ1v) is 13.5. The first kappa shape index (κ1) is 25.3. The van der Waals surface area contributed by atoms with Crippen molar-refractivity contribution in [3.05, 3.63) is 167 Å². The highest BCUT2D eigenvalue weighted by molar-refractivity contribution is 6.09. The minimum atomic E-state index is -0.610. The number of esters is 1. The van der Waals surface area contributed by atoms with Crippen molar-refractivity contribution < 1.29 is 14.3 Å². The minimum absolute atomic E-state index is 0.0765. The van der Waals surface area contributed by atoms with Gasteiger partial charge in [0.1, 0.15) is 0 Å². The van der Waals surface area contributed by atoms with E-state index >= 15 is 0 Å². The van der Waals surface area contributed by atoms with E-state index in [1.165, 1.54) is 0 Å². The molecule has 0 aliphatic carbocycles. The Hall–Kier alpha value is -5.02. The third-order valence-corrected chi connectivity index (χ3v) is 7.48. The third kappa shape index (κ3) is 4.90. The fourth-order valence-electron chi connectivity index (χ4n) is 5.31. The maximum Gasteiger partial charge on any atom is 0.314 e. The van der Waals surface area contributed by atoms with Crippen LogP contribution in [0.1, 0.15) is 51.6 Å². The molecule has 0 N–H and O–H groups in total. The van der Waals surface area contributed by atoms with Crippen molar-refractivity contribution in [2.45, 2.75) is 18.9 Å². The quantitative estimate of drug-likeness (QED) is 0.156. The molecule has 0 aliphatic rings. The Bertz CT molecular complexity index is 1750. The van der Waals surface area contributed by atoms with Gasteiger partial charge in [0.25, 0.3) is 0 Å². The summed E-state index contributed by atoms with van der Waals surface area (Å²) in [6.07, 6.45) is -0.610. The van der Waals surface area contributed by atoms with Gasteiger partial charge in [0, 0.05) is 22.3 Å². The molecule has 0 aliphatic heterocycles. The van der Waals surface area contributed by atoms with Crippen LogP contribution in [0.3, 0.4) is 0 Å². The van der Waals surface area contributed by atoms with Crippen LogP contribution in [0.5, 0.6) is 0 Å². The molecule has 6 aromatic rings.